The summed E-state index contributed by atoms with van der Waals surface area (Å²) in [6.07, 6.45) is -7.75. The lowest BCUT2D eigenvalue weighted by atomic mass is 10.00. The minimum absolute atomic E-state index is 0.848. The van der Waals surface area contributed by atoms with Gasteiger partial charge in [-0.05, 0) is 0 Å². The van der Waals surface area contributed by atoms with E-state index in [9.17, 15) is 4.79 Å². The molecule has 7 heteroatoms. The van der Waals surface area contributed by atoms with Gasteiger partial charge in [0.05, 0.1) is 6.61 Å². The van der Waals surface area contributed by atoms with Crippen molar-refractivity contribution in [3.05, 3.63) is 12.3 Å². The molecule has 0 fully saturated rings. The molecular formula is C8H14O7. The summed E-state index contributed by atoms with van der Waals surface area (Å²) in [6, 6.07) is 0. The Balaban J connectivity index is 4.50. The van der Waals surface area contributed by atoms with Crippen LogP contribution in [0, 0.1) is 0 Å². The molecule has 0 aliphatic heterocycles. The molecule has 0 unspecified atom stereocenters. The van der Waals surface area contributed by atoms with Gasteiger partial charge in [-0.25, -0.2) is 0 Å². The predicted molar refractivity (Wildman–Crippen MR) is 47.9 cm³/mol. The van der Waals surface area contributed by atoms with Crippen LogP contribution in [-0.2, 0) is 4.79 Å². The van der Waals surface area contributed by atoms with Gasteiger partial charge in [0.1, 0.15) is 24.4 Å². The van der Waals surface area contributed by atoms with Crippen LogP contribution in [0.25, 0.3) is 0 Å². The standard InChI is InChI=1S/C8H14O7/c1-3(10)5(12)7(14)8(15)6(13)4(11)2-9/h4,6-11,13-15H,1-2H2/t4-,6-,7+,8+/m1/s1. The molecule has 0 aromatic heterocycles. The lowest BCUT2D eigenvalue weighted by molar-refractivity contribution is -0.145. The first kappa shape index (κ1) is 14.0. The minimum atomic E-state index is -2.11. The maximum atomic E-state index is 10.9. The molecule has 7 nitrogen and oxygen atoms in total. The van der Waals surface area contributed by atoms with E-state index in [0.29, 0.717) is 0 Å². The van der Waals surface area contributed by atoms with Crippen LogP contribution in [0.15, 0.2) is 12.3 Å². The SMILES string of the molecule is C=C(O)C(=O)[C@H](O)[C@@H](O)[C@H](O)[C@H](O)CO. The van der Waals surface area contributed by atoms with Crippen molar-refractivity contribution in [1.82, 2.24) is 0 Å². The fraction of sp³-hybridized carbons (Fsp3) is 0.625. The zero-order valence-corrected chi connectivity index (χ0v) is 7.82. The third-order valence-electron chi connectivity index (χ3n) is 1.81. The van der Waals surface area contributed by atoms with Crippen LogP contribution in [0.5, 0.6) is 0 Å². The van der Waals surface area contributed by atoms with Gasteiger partial charge in [0.15, 0.2) is 5.76 Å². The fourth-order valence-electron chi connectivity index (χ4n) is 0.848. The Hall–Kier alpha value is -0.990. The average Bonchev–Trinajstić information content (AvgIpc) is 2.23. The molecule has 88 valence electrons. The van der Waals surface area contributed by atoms with Crippen molar-refractivity contribution < 1.29 is 35.4 Å². The van der Waals surface area contributed by atoms with Crippen LogP contribution < -0.4 is 0 Å². The molecule has 0 aromatic rings. The van der Waals surface area contributed by atoms with Crippen LogP contribution in [-0.4, -0.2) is 67.4 Å². The van der Waals surface area contributed by atoms with Crippen molar-refractivity contribution in [2.24, 2.45) is 0 Å². The number of carbonyl (C=O) groups excluding carboxylic acids is 1. The van der Waals surface area contributed by atoms with Gasteiger partial charge in [-0.2, -0.15) is 0 Å². The molecule has 0 bridgehead atoms. The summed E-state index contributed by atoms with van der Waals surface area (Å²) < 4.78 is 0. The molecule has 6 N–H and O–H groups in total. The summed E-state index contributed by atoms with van der Waals surface area (Å²) >= 11 is 0. The van der Waals surface area contributed by atoms with Crippen molar-refractivity contribution in [1.29, 1.82) is 0 Å². The first-order chi connectivity index (χ1) is 6.82. The summed E-state index contributed by atoms with van der Waals surface area (Å²) in [5.41, 5.74) is 0. The largest absolute Gasteiger partial charge is 0.505 e. The summed E-state index contributed by atoms with van der Waals surface area (Å²) in [5.74, 6) is -2.25. The second kappa shape index (κ2) is 5.79. The zero-order valence-electron chi connectivity index (χ0n) is 7.82. The number of rotatable bonds is 6. The molecule has 0 amide bonds. The molecule has 0 radical (unpaired) electrons. The number of ketones is 1. The molecule has 0 spiro atoms. The number of hydrogen-bond donors (Lipinski definition) is 6. The normalized spacial score (nSPS) is 19.0. The Morgan fingerprint density at radius 1 is 1.13 bits per heavy atom. The Bertz CT molecular complexity index is 239. The maximum absolute atomic E-state index is 10.9. The molecule has 0 aliphatic rings. The van der Waals surface area contributed by atoms with Gasteiger partial charge >= 0.3 is 0 Å². The van der Waals surface area contributed by atoms with Crippen molar-refractivity contribution in [3.63, 3.8) is 0 Å². The Labute approximate surface area is 85.5 Å². The Morgan fingerprint density at radius 3 is 1.93 bits per heavy atom. The number of hydrogen-bond acceptors (Lipinski definition) is 7. The van der Waals surface area contributed by atoms with E-state index in [1.165, 1.54) is 0 Å². The highest BCUT2D eigenvalue weighted by atomic mass is 16.4. The quantitative estimate of drug-likeness (QED) is 0.209. The molecule has 15 heavy (non-hydrogen) atoms. The van der Waals surface area contributed by atoms with Crippen LogP contribution >= 0.6 is 0 Å². The topological polar surface area (TPSA) is 138 Å². The van der Waals surface area contributed by atoms with E-state index in [1.54, 1.807) is 0 Å². The monoisotopic (exact) mass is 222 g/mol. The van der Waals surface area contributed by atoms with Crippen molar-refractivity contribution in [3.8, 4) is 0 Å². The third-order valence-corrected chi connectivity index (χ3v) is 1.81. The molecule has 0 saturated heterocycles. The van der Waals surface area contributed by atoms with E-state index in [4.69, 9.17) is 30.6 Å². The highest BCUT2D eigenvalue weighted by Crippen LogP contribution is 2.08. The third kappa shape index (κ3) is 3.57. The number of carbonyl (C=O) groups is 1. The van der Waals surface area contributed by atoms with E-state index in [2.05, 4.69) is 6.58 Å². The second-order valence-electron chi connectivity index (χ2n) is 2.99. The lowest BCUT2D eigenvalue weighted by Gasteiger charge is -2.24. The van der Waals surface area contributed by atoms with E-state index in [-0.39, 0.29) is 0 Å². The first-order valence-corrected chi connectivity index (χ1v) is 4.08. The molecular weight excluding hydrogens is 208 g/mol. The zero-order chi connectivity index (χ0) is 12.2. The smallest absolute Gasteiger partial charge is 0.227 e. The van der Waals surface area contributed by atoms with Crippen molar-refractivity contribution in [2.75, 3.05) is 6.61 Å². The molecule has 4 atom stereocenters. The molecule has 0 aromatic carbocycles. The van der Waals surface area contributed by atoms with Gasteiger partial charge in [0.25, 0.3) is 0 Å². The molecule has 0 rings (SSSR count). The lowest BCUT2D eigenvalue weighted by Crippen LogP contribution is -2.48. The van der Waals surface area contributed by atoms with Gasteiger partial charge in [-0.15, -0.1) is 0 Å². The summed E-state index contributed by atoms with van der Waals surface area (Å²) in [7, 11) is 0. The van der Waals surface area contributed by atoms with Crippen molar-refractivity contribution in [2.45, 2.75) is 24.4 Å². The minimum Gasteiger partial charge on any atom is -0.505 e. The first-order valence-electron chi connectivity index (χ1n) is 4.08. The van der Waals surface area contributed by atoms with Crippen LogP contribution in [0.3, 0.4) is 0 Å². The summed E-state index contributed by atoms with van der Waals surface area (Å²) in [6.45, 7) is 1.98. The Morgan fingerprint density at radius 2 is 1.60 bits per heavy atom. The average molecular weight is 222 g/mol. The van der Waals surface area contributed by atoms with Gasteiger partial charge in [-0.1, -0.05) is 6.58 Å². The molecule has 0 saturated carbocycles. The van der Waals surface area contributed by atoms with Crippen molar-refractivity contribution >= 4 is 5.78 Å². The molecule has 0 aliphatic carbocycles. The number of aliphatic hydroxyl groups excluding tert-OH is 6. The molecule has 0 heterocycles. The van der Waals surface area contributed by atoms with Gasteiger partial charge < -0.3 is 30.6 Å². The Kier molecular flexibility index (Phi) is 5.40. The second-order valence-corrected chi connectivity index (χ2v) is 2.99. The predicted octanol–water partition coefficient (Wildman–Crippen LogP) is -2.94. The van der Waals surface area contributed by atoms with Gasteiger partial charge in [-0.3, -0.25) is 4.79 Å². The van der Waals surface area contributed by atoms with Crippen LogP contribution in [0.1, 0.15) is 0 Å². The van der Waals surface area contributed by atoms with Crippen LogP contribution in [0.2, 0.25) is 0 Å². The van der Waals surface area contributed by atoms with E-state index >= 15 is 0 Å². The fourth-order valence-corrected chi connectivity index (χ4v) is 0.848. The van der Waals surface area contributed by atoms with Crippen LogP contribution in [0.4, 0.5) is 0 Å². The van der Waals surface area contributed by atoms with Gasteiger partial charge in [0.2, 0.25) is 5.78 Å². The summed E-state index contributed by atoms with van der Waals surface area (Å²) in [5, 5.41) is 53.3. The highest BCUT2D eigenvalue weighted by molar-refractivity contribution is 5.96. The van der Waals surface area contributed by atoms with E-state index in [1.807, 2.05) is 0 Å². The van der Waals surface area contributed by atoms with E-state index in [0.717, 1.165) is 0 Å². The maximum Gasteiger partial charge on any atom is 0.227 e. The van der Waals surface area contributed by atoms with Gasteiger partial charge in [0, 0.05) is 0 Å². The number of aliphatic hydroxyl groups is 6. The van der Waals surface area contributed by atoms with E-state index < -0.39 is 42.6 Å². The summed E-state index contributed by atoms with van der Waals surface area (Å²) in [4.78, 5) is 10.9. The number of Topliss-reactive ketones (excluding diaryl/α,β-unsaturated/α-hetero) is 1. The highest BCUT2D eigenvalue weighted by Gasteiger charge is 2.34.